The molecule has 0 spiro atoms. The third-order valence-corrected chi connectivity index (χ3v) is 2.27. The zero-order valence-corrected chi connectivity index (χ0v) is 8.27. The highest BCUT2D eigenvalue weighted by molar-refractivity contribution is 5.86. The summed E-state index contributed by atoms with van der Waals surface area (Å²) in [6, 6.07) is -0.615. The van der Waals surface area contributed by atoms with Crippen LogP contribution >= 0.6 is 0 Å². The van der Waals surface area contributed by atoms with E-state index in [0.717, 1.165) is 0 Å². The highest BCUT2D eigenvalue weighted by Crippen LogP contribution is 2.10. The lowest BCUT2D eigenvalue weighted by Gasteiger charge is -2.24. The van der Waals surface area contributed by atoms with Crippen molar-refractivity contribution in [3.8, 4) is 0 Å². The minimum absolute atomic E-state index is 0.461. The normalized spacial score (nSPS) is 21.7. The van der Waals surface area contributed by atoms with Crippen LogP contribution in [0.4, 0.5) is 0 Å². The summed E-state index contributed by atoms with van der Waals surface area (Å²) in [4.78, 5) is 12.4. The van der Waals surface area contributed by atoms with Crippen LogP contribution in [-0.2, 0) is 4.79 Å². The Kier molecular flexibility index (Phi) is 3.13. The van der Waals surface area contributed by atoms with Crippen LogP contribution in [0.5, 0.6) is 0 Å². The average Bonchev–Trinajstić information content (AvgIpc) is 2.58. The van der Waals surface area contributed by atoms with Crippen molar-refractivity contribution in [3.05, 3.63) is 0 Å². The second kappa shape index (κ2) is 4.14. The molecule has 0 saturated carbocycles. The number of carboxylic acids is 1. The molecule has 0 aromatic carbocycles. The average molecular weight is 201 g/mol. The molecule has 1 aliphatic heterocycles. The van der Waals surface area contributed by atoms with Crippen LogP contribution in [0.3, 0.4) is 0 Å². The van der Waals surface area contributed by atoms with E-state index in [0.29, 0.717) is 19.0 Å². The van der Waals surface area contributed by atoms with E-state index in [1.165, 1.54) is 0 Å². The molecule has 7 nitrogen and oxygen atoms in total. The van der Waals surface area contributed by atoms with Gasteiger partial charge in [0.1, 0.15) is 6.04 Å². The number of hydrazone groups is 1. The van der Waals surface area contributed by atoms with Crippen molar-refractivity contribution < 1.29 is 9.90 Å². The number of hydrazine groups is 1. The van der Waals surface area contributed by atoms with Gasteiger partial charge in [0.2, 0.25) is 5.96 Å². The lowest BCUT2D eigenvalue weighted by molar-refractivity contribution is -0.141. The van der Waals surface area contributed by atoms with Gasteiger partial charge >= 0.3 is 5.97 Å². The van der Waals surface area contributed by atoms with Gasteiger partial charge in [0.15, 0.2) is 0 Å². The molecule has 4 N–H and O–H groups in total. The zero-order chi connectivity index (χ0) is 10.7. The smallest absolute Gasteiger partial charge is 0.326 e. The van der Waals surface area contributed by atoms with Crippen molar-refractivity contribution in [2.24, 2.45) is 10.9 Å². The van der Waals surface area contributed by atoms with Crippen molar-refractivity contribution in [1.29, 1.82) is 0 Å². The van der Waals surface area contributed by atoms with Gasteiger partial charge in [-0.25, -0.2) is 10.2 Å². The molecule has 1 atom stereocenters. The Morgan fingerprint density at radius 1 is 1.71 bits per heavy atom. The summed E-state index contributed by atoms with van der Waals surface area (Å²) in [5.74, 6) is 4.78. The molecular formula is C7H15N5O2. The number of nitrogens with one attached hydrogen (secondary N) is 1. The van der Waals surface area contributed by atoms with Gasteiger partial charge in [-0.3, -0.25) is 5.01 Å². The van der Waals surface area contributed by atoms with Gasteiger partial charge in [-0.15, -0.1) is 5.10 Å². The standard InChI is InChI=1S/C7H15N5O2/c1-5(6(13)14)11-3-4-12(9-2)7(11)10-8/h5,9H,3-4,8H2,1-2H3,(H,13,14)/b10-7-. The number of hydrogen-bond donors (Lipinski definition) is 3. The second-order valence-electron chi connectivity index (χ2n) is 3.01. The van der Waals surface area contributed by atoms with Crippen molar-refractivity contribution in [2.75, 3.05) is 20.1 Å². The summed E-state index contributed by atoms with van der Waals surface area (Å²) < 4.78 is 0. The number of nitrogens with zero attached hydrogens (tertiary/aromatic N) is 3. The first-order chi connectivity index (χ1) is 6.61. The van der Waals surface area contributed by atoms with Crippen LogP contribution in [0.2, 0.25) is 0 Å². The minimum atomic E-state index is -0.885. The number of carbonyl (C=O) groups is 1. The Bertz CT molecular complexity index is 254. The second-order valence-corrected chi connectivity index (χ2v) is 3.01. The molecule has 1 fully saturated rings. The minimum Gasteiger partial charge on any atom is -0.480 e. The van der Waals surface area contributed by atoms with Gasteiger partial charge < -0.3 is 15.8 Å². The first kappa shape index (κ1) is 10.6. The first-order valence-corrected chi connectivity index (χ1v) is 4.34. The maximum atomic E-state index is 10.8. The fraction of sp³-hybridized carbons (Fsp3) is 0.714. The summed E-state index contributed by atoms with van der Waals surface area (Å²) in [7, 11) is 1.74. The van der Waals surface area contributed by atoms with Crippen LogP contribution in [0, 0.1) is 0 Å². The van der Waals surface area contributed by atoms with Crippen LogP contribution in [0.15, 0.2) is 5.10 Å². The van der Waals surface area contributed by atoms with Crippen LogP contribution < -0.4 is 11.3 Å². The Balaban J connectivity index is 2.77. The largest absolute Gasteiger partial charge is 0.480 e. The van der Waals surface area contributed by atoms with Gasteiger partial charge in [0.05, 0.1) is 6.54 Å². The van der Waals surface area contributed by atoms with E-state index in [1.807, 2.05) is 0 Å². The predicted octanol–water partition coefficient (Wildman–Crippen LogP) is -1.56. The Morgan fingerprint density at radius 3 is 2.79 bits per heavy atom. The quantitative estimate of drug-likeness (QED) is 0.378. The fourth-order valence-corrected chi connectivity index (χ4v) is 1.42. The zero-order valence-electron chi connectivity index (χ0n) is 8.27. The van der Waals surface area contributed by atoms with E-state index in [-0.39, 0.29) is 0 Å². The molecule has 14 heavy (non-hydrogen) atoms. The maximum Gasteiger partial charge on any atom is 0.326 e. The van der Waals surface area contributed by atoms with Gasteiger partial charge in [0.25, 0.3) is 0 Å². The lowest BCUT2D eigenvalue weighted by atomic mass is 10.3. The summed E-state index contributed by atoms with van der Waals surface area (Å²) in [5, 5.41) is 14.1. The Hall–Kier alpha value is -1.50. The van der Waals surface area contributed by atoms with Crippen molar-refractivity contribution in [2.45, 2.75) is 13.0 Å². The van der Waals surface area contributed by atoms with E-state index >= 15 is 0 Å². The van der Waals surface area contributed by atoms with E-state index < -0.39 is 12.0 Å². The monoisotopic (exact) mass is 201 g/mol. The maximum absolute atomic E-state index is 10.8. The molecule has 1 heterocycles. The third-order valence-electron chi connectivity index (χ3n) is 2.27. The fourth-order valence-electron chi connectivity index (χ4n) is 1.42. The van der Waals surface area contributed by atoms with E-state index in [1.54, 1.807) is 23.9 Å². The van der Waals surface area contributed by atoms with Crippen LogP contribution in [0.1, 0.15) is 6.92 Å². The number of hydrogen-bond acceptors (Lipinski definition) is 4. The van der Waals surface area contributed by atoms with Gasteiger partial charge in [-0.2, -0.15) is 0 Å². The SMILES string of the molecule is CNN1CCN(C(C)C(=O)O)/C1=N/N. The summed E-state index contributed by atoms with van der Waals surface area (Å²) in [6.07, 6.45) is 0. The van der Waals surface area contributed by atoms with Gasteiger partial charge in [-0.1, -0.05) is 0 Å². The van der Waals surface area contributed by atoms with Gasteiger partial charge in [0, 0.05) is 13.6 Å². The van der Waals surface area contributed by atoms with Crippen molar-refractivity contribution in [1.82, 2.24) is 15.3 Å². The molecular weight excluding hydrogens is 186 g/mol. The van der Waals surface area contributed by atoms with Gasteiger partial charge in [-0.05, 0) is 6.92 Å². The number of guanidine groups is 1. The molecule has 0 bridgehead atoms. The molecule has 0 aromatic heterocycles. The predicted molar refractivity (Wildman–Crippen MR) is 51.2 cm³/mol. The highest BCUT2D eigenvalue weighted by atomic mass is 16.4. The molecule has 0 radical (unpaired) electrons. The number of aliphatic carboxylic acids is 1. The molecule has 7 heteroatoms. The van der Waals surface area contributed by atoms with Crippen molar-refractivity contribution in [3.63, 3.8) is 0 Å². The molecule has 1 rings (SSSR count). The number of rotatable bonds is 3. The van der Waals surface area contributed by atoms with Crippen molar-refractivity contribution >= 4 is 11.9 Å². The molecule has 0 amide bonds. The molecule has 1 unspecified atom stereocenters. The Morgan fingerprint density at radius 2 is 2.36 bits per heavy atom. The van der Waals surface area contributed by atoms with E-state index in [2.05, 4.69) is 10.5 Å². The third kappa shape index (κ3) is 1.72. The van der Waals surface area contributed by atoms with Crippen LogP contribution in [-0.4, -0.2) is 53.1 Å². The van der Waals surface area contributed by atoms with Crippen LogP contribution in [0.25, 0.3) is 0 Å². The highest BCUT2D eigenvalue weighted by Gasteiger charge is 2.32. The summed E-state index contributed by atoms with van der Waals surface area (Å²) in [5.41, 5.74) is 2.88. The number of carboxylic acid groups (broad SMARTS) is 1. The molecule has 1 aliphatic rings. The molecule has 0 aromatic rings. The Labute approximate surface area is 82.1 Å². The molecule has 0 aliphatic carbocycles. The molecule has 80 valence electrons. The topological polar surface area (TPSA) is 94.2 Å². The summed E-state index contributed by atoms with van der Waals surface area (Å²) in [6.45, 7) is 2.88. The van der Waals surface area contributed by atoms with E-state index in [4.69, 9.17) is 10.9 Å². The summed E-state index contributed by atoms with van der Waals surface area (Å²) >= 11 is 0. The lowest BCUT2D eigenvalue weighted by Crippen LogP contribution is -2.46. The molecule has 1 saturated heterocycles. The number of nitrogens with two attached hydrogens (primary N) is 1. The first-order valence-electron chi connectivity index (χ1n) is 4.34. The van der Waals surface area contributed by atoms with E-state index in [9.17, 15) is 4.79 Å².